The van der Waals surface area contributed by atoms with E-state index in [0.717, 1.165) is 24.2 Å². The van der Waals surface area contributed by atoms with Gasteiger partial charge in [0.05, 0.1) is 0 Å². The van der Waals surface area contributed by atoms with E-state index in [9.17, 15) is 14.7 Å². The van der Waals surface area contributed by atoms with Crippen molar-refractivity contribution in [2.75, 3.05) is 0 Å². The topological polar surface area (TPSA) is 146 Å². The molecule has 10 nitrogen and oxygen atoms in total. The summed E-state index contributed by atoms with van der Waals surface area (Å²) in [6, 6.07) is 0. The summed E-state index contributed by atoms with van der Waals surface area (Å²) in [6.07, 6.45) is 13.3. The molecule has 0 aliphatic heterocycles. The number of fused-ring (bicyclic) bond motifs is 5. The largest absolute Gasteiger partial charge is 0.476 e. The summed E-state index contributed by atoms with van der Waals surface area (Å²) < 4.78 is 0. The van der Waals surface area contributed by atoms with Gasteiger partial charge < -0.3 is 5.11 Å². The summed E-state index contributed by atoms with van der Waals surface area (Å²) in [4.78, 5) is 35.2. The number of hydrogen-bond acceptors (Lipinski definition) is 8. The molecule has 4 aliphatic carbocycles. The molecule has 0 saturated heterocycles. The molecule has 36 heavy (non-hydrogen) atoms. The van der Waals surface area contributed by atoms with Gasteiger partial charge >= 0.3 is 11.9 Å². The minimum Gasteiger partial charge on any atom is -0.476 e. The minimum absolute atomic E-state index is 0.173. The Morgan fingerprint density at radius 1 is 0.944 bits per heavy atom. The normalized spacial score (nSPS) is 39.0. The second-order valence-electron chi connectivity index (χ2n) is 12.5. The van der Waals surface area contributed by atoms with E-state index in [1.165, 1.54) is 57.8 Å². The molecule has 0 heterocycles. The van der Waals surface area contributed by atoms with Gasteiger partial charge in [-0.25, -0.2) is 20.6 Å². The summed E-state index contributed by atoms with van der Waals surface area (Å²) in [5, 5.41) is 36.0. The van der Waals surface area contributed by atoms with Crippen LogP contribution < -0.4 is 0 Å². The average Bonchev–Trinajstić information content (AvgIpc) is 3.22. The molecule has 4 aliphatic rings. The first-order valence-electron chi connectivity index (χ1n) is 13.6. The highest BCUT2D eigenvalue weighted by molar-refractivity contribution is 5.83. The van der Waals surface area contributed by atoms with E-state index >= 15 is 0 Å². The van der Waals surface area contributed by atoms with Crippen molar-refractivity contribution in [2.45, 2.75) is 104 Å². The van der Waals surface area contributed by atoms with Crippen LogP contribution in [0, 0.1) is 46.3 Å². The van der Waals surface area contributed by atoms with Crippen LogP contribution in [-0.2, 0) is 24.4 Å². The molecule has 4 rings (SSSR count). The SMILES string of the molecule is C[C@H](CCC(=O)N(OO)C(OO)(OO)C(=O)O)[C@H]1CC[C@H]2[C@@H]3CCC4CCCC[C@]4(C)[C@H]3CC[C@]12C. The molecule has 0 bridgehead atoms. The number of nitrogens with zero attached hydrogens (tertiary/aromatic N) is 1. The number of amides is 1. The summed E-state index contributed by atoms with van der Waals surface area (Å²) in [7, 11) is 0. The molecule has 4 N–H and O–H groups in total. The number of rotatable bonds is 9. The van der Waals surface area contributed by atoms with Crippen molar-refractivity contribution < 1.29 is 45.2 Å². The van der Waals surface area contributed by atoms with Gasteiger partial charge in [-0.2, -0.15) is 9.78 Å². The van der Waals surface area contributed by atoms with Crippen LogP contribution in [0.3, 0.4) is 0 Å². The van der Waals surface area contributed by atoms with Gasteiger partial charge in [0, 0.05) is 6.42 Å². The highest BCUT2D eigenvalue weighted by Crippen LogP contribution is 2.68. The van der Waals surface area contributed by atoms with Crippen LogP contribution in [0.5, 0.6) is 0 Å². The molecule has 1 amide bonds. The Morgan fingerprint density at radius 2 is 1.64 bits per heavy atom. The third kappa shape index (κ3) is 4.27. The summed E-state index contributed by atoms with van der Waals surface area (Å²) in [6.45, 7) is 7.14. The zero-order valence-electron chi connectivity index (χ0n) is 21.7. The fourth-order valence-corrected chi connectivity index (χ4v) is 9.44. The summed E-state index contributed by atoms with van der Waals surface area (Å²) in [5.74, 6) is -2.74. The van der Waals surface area contributed by atoms with Crippen LogP contribution in [0.15, 0.2) is 0 Å². The Labute approximate surface area is 212 Å². The highest BCUT2D eigenvalue weighted by atomic mass is 17.3. The van der Waals surface area contributed by atoms with Gasteiger partial charge in [-0.3, -0.25) is 4.79 Å². The first-order valence-corrected chi connectivity index (χ1v) is 13.6. The van der Waals surface area contributed by atoms with E-state index in [-0.39, 0.29) is 22.8 Å². The van der Waals surface area contributed by atoms with Gasteiger partial charge in [-0.05, 0) is 104 Å². The lowest BCUT2D eigenvalue weighted by Gasteiger charge is -2.61. The number of carbonyl (C=O) groups is 2. The van der Waals surface area contributed by atoms with Crippen molar-refractivity contribution >= 4 is 11.9 Å². The molecule has 10 heteroatoms. The Balaban J connectivity index is 1.42. The smallest absolute Gasteiger partial charge is 0.434 e. The number of aliphatic carboxylic acids is 1. The molecule has 0 radical (unpaired) electrons. The molecular weight excluding hydrogens is 470 g/mol. The van der Waals surface area contributed by atoms with Crippen LogP contribution in [0.2, 0.25) is 0 Å². The number of hydroxylamine groups is 2. The predicted octanol–water partition coefficient (Wildman–Crippen LogP) is 5.40. The van der Waals surface area contributed by atoms with Gasteiger partial charge in [0.25, 0.3) is 5.91 Å². The third-order valence-electron chi connectivity index (χ3n) is 11.3. The van der Waals surface area contributed by atoms with Crippen molar-refractivity contribution in [1.29, 1.82) is 0 Å². The average molecular weight is 514 g/mol. The molecule has 0 spiro atoms. The number of carboxylic acid groups (broad SMARTS) is 1. The van der Waals surface area contributed by atoms with E-state index in [4.69, 9.17) is 15.8 Å². The zero-order valence-corrected chi connectivity index (χ0v) is 21.7. The highest BCUT2D eigenvalue weighted by Gasteiger charge is 2.60. The zero-order chi connectivity index (χ0) is 26.3. The van der Waals surface area contributed by atoms with E-state index in [1.54, 1.807) is 0 Å². The lowest BCUT2D eigenvalue weighted by atomic mass is 9.44. The standard InChI is InChI=1S/C26H43NO9/c1-16(7-12-22(28)27(36-33)26(34-31,35-32)23(29)30)19-10-11-20-18-9-8-17-6-4-5-14-24(17,2)21(18)13-15-25(19,20)3/h16-21,31-33H,4-15H2,1-3H3,(H,29,30)/t16-,17?,18+,19-,20+,21+,24+,25-/m1/s1. The van der Waals surface area contributed by atoms with E-state index in [0.29, 0.717) is 23.7 Å². The molecule has 8 atom stereocenters. The van der Waals surface area contributed by atoms with E-state index < -0.39 is 17.8 Å². The summed E-state index contributed by atoms with van der Waals surface area (Å²) >= 11 is 0. The van der Waals surface area contributed by atoms with Gasteiger partial charge in [0.2, 0.25) is 0 Å². The summed E-state index contributed by atoms with van der Waals surface area (Å²) in [5.41, 5.74) is 0.703. The Kier molecular flexibility index (Phi) is 8.05. The van der Waals surface area contributed by atoms with E-state index in [2.05, 4.69) is 35.5 Å². The number of carboxylic acids is 1. The van der Waals surface area contributed by atoms with Gasteiger partial charge in [-0.1, -0.05) is 33.6 Å². The van der Waals surface area contributed by atoms with Crippen molar-refractivity contribution in [3.63, 3.8) is 0 Å². The Morgan fingerprint density at radius 3 is 2.28 bits per heavy atom. The quantitative estimate of drug-likeness (QED) is 0.181. The van der Waals surface area contributed by atoms with Crippen LogP contribution in [-0.4, -0.2) is 43.7 Å². The maximum absolute atomic E-state index is 12.7. The van der Waals surface area contributed by atoms with Crippen molar-refractivity contribution in [3.05, 3.63) is 0 Å². The lowest BCUT2D eigenvalue weighted by Crippen LogP contribution is -2.59. The van der Waals surface area contributed by atoms with Gasteiger partial charge in [-0.15, -0.1) is 10.1 Å². The fourth-order valence-electron chi connectivity index (χ4n) is 9.44. The number of carbonyl (C=O) groups excluding carboxylic acids is 1. The Hall–Kier alpha value is -1.30. The van der Waals surface area contributed by atoms with Gasteiger partial charge in [0.1, 0.15) is 0 Å². The van der Waals surface area contributed by atoms with E-state index in [1.807, 2.05) is 0 Å². The number of hydrogen-bond donors (Lipinski definition) is 4. The van der Waals surface area contributed by atoms with Crippen molar-refractivity contribution in [2.24, 2.45) is 46.3 Å². The van der Waals surface area contributed by atoms with Crippen LogP contribution in [0.1, 0.15) is 97.8 Å². The fraction of sp³-hybridized carbons (Fsp3) is 0.923. The molecule has 0 aromatic carbocycles. The lowest BCUT2D eigenvalue weighted by molar-refractivity contribution is -0.567. The molecule has 206 valence electrons. The van der Waals surface area contributed by atoms with Crippen LogP contribution in [0.25, 0.3) is 0 Å². The van der Waals surface area contributed by atoms with Gasteiger partial charge in [0.15, 0.2) is 0 Å². The van der Waals surface area contributed by atoms with Crippen LogP contribution >= 0.6 is 0 Å². The molecular formula is C26H43NO9. The first kappa shape index (κ1) is 27.7. The first-order chi connectivity index (χ1) is 17.1. The minimum atomic E-state index is -3.42. The van der Waals surface area contributed by atoms with Crippen molar-refractivity contribution in [3.8, 4) is 0 Å². The monoisotopic (exact) mass is 513 g/mol. The molecule has 4 fully saturated rings. The second-order valence-corrected chi connectivity index (χ2v) is 12.5. The molecule has 0 aromatic heterocycles. The maximum atomic E-state index is 12.7. The molecule has 0 aromatic rings. The predicted molar refractivity (Wildman–Crippen MR) is 127 cm³/mol. The molecule has 4 saturated carbocycles. The van der Waals surface area contributed by atoms with Crippen LogP contribution in [0.4, 0.5) is 0 Å². The molecule has 1 unspecified atom stereocenters. The maximum Gasteiger partial charge on any atom is 0.434 e. The second kappa shape index (κ2) is 10.5. The van der Waals surface area contributed by atoms with Crippen molar-refractivity contribution in [1.82, 2.24) is 5.06 Å². The third-order valence-corrected chi connectivity index (χ3v) is 11.3. The Bertz CT molecular complexity index is 819.